The minimum atomic E-state index is 0.186. The SMILES string of the molecule is CCc1ccc(Nc2nn3c(N)ncnc3c2C#N)cc1. The molecule has 0 aliphatic heterocycles. The highest BCUT2D eigenvalue weighted by molar-refractivity contribution is 5.72. The average Bonchev–Trinajstić information content (AvgIpc) is 2.87. The zero-order valence-electron chi connectivity index (χ0n) is 11.4. The molecule has 3 rings (SSSR count). The Morgan fingerprint density at radius 3 is 2.71 bits per heavy atom. The van der Waals surface area contributed by atoms with Crippen LogP contribution in [0.3, 0.4) is 0 Å². The number of aromatic nitrogens is 4. The first-order valence-electron chi connectivity index (χ1n) is 6.48. The third kappa shape index (κ3) is 2.23. The van der Waals surface area contributed by atoms with Crippen molar-refractivity contribution in [1.82, 2.24) is 19.6 Å². The number of anilines is 3. The van der Waals surface area contributed by atoms with Crippen LogP contribution in [0.5, 0.6) is 0 Å². The van der Waals surface area contributed by atoms with Gasteiger partial charge in [0.1, 0.15) is 18.0 Å². The average molecular weight is 279 g/mol. The van der Waals surface area contributed by atoms with Crippen LogP contribution in [0.25, 0.3) is 5.65 Å². The summed E-state index contributed by atoms with van der Waals surface area (Å²) in [7, 11) is 0. The molecule has 0 radical (unpaired) electrons. The minimum Gasteiger partial charge on any atom is -0.368 e. The van der Waals surface area contributed by atoms with Crippen LogP contribution in [-0.2, 0) is 6.42 Å². The minimum absolute atomic E-state index is 0.186. The van der Waals surface area contributed by atoms with Crippen LogP contribution in [-0.4, -0.2) is 19.6 Å². The van der Waals surface area contributed by atoms with Gasteiger partial charge in [0.2, 0.25) is 5.95 Å². The zero-order chi connectivity index (χ0) is 14.8. The fourth-order valence-electron chi connectivity index (χ4n) is 2.04. The van der Waals surface area contributed by atoms with E-state index in [1.165, 1.54) is 16.4 Å². The Balaban J connectivity index is 2.03. The molecule has 0 amide bonds. The lowest BCUT2D eigenvalue weighted by molar-refractivity contribution is 0.912. The van der Waals surface area contributed by atoms with E-state index < -0.39 is 0 Å². The molecule has 2 heterocycles. The Kier molecular flexibility index (Phi) is 3.12. The third-order valence-electron chi connectivity index (χ3n) is 3.18. The zero-order valence-corrected chi connectivity index (χ0v) is 11.4. The number of nitrogens with one attached hydrogen (secondary N) is 1. The summed E-state index contributed by atoms with van der Waals surface area (Å²) < 4.78 is 1.35. The molecule has 3 aromatic rings. The summed E-state index contributed by atoms with van der Waals surface area (Å²) >= 11 is 0. The van der Waals surface area contributed by atoms with E-state index in [2.05, 4.69) is 33.4 Å². The van der Waals surface area contributed by atoms with E-state index in [1.807, 2.05) is 24.3 Å². The molecule has 7 heteroatoms. The van der Waals surface area contributed by atoms with Crippen LogP contribution in [0, 0.1) is 11.3 Å². The maximum Gasteiger partial charge on any atom is 0.224 e. The molecule has 7 nitrogen and oxygen atoms in total. The molecule has 21 heavy (non-hydrogen) atoms. The number of nitrogens with two attached hydrogens (primary N) is 1. The molecule has 3 N–H and O–H groups in total. The highest BCUT2D eigenvalue weighted by atomic mass is 15.4. The van der Waals surface area contributed by atoms with Crippen molar-refractivity contribution in [3.8, 4) is 6.07 Å². The summed E-state index contributed by atoms with van der Waals surface area (Å²) in [5.74, 6) is 0.597. The third-order valence-corrected chi connectivity index (χ3v) is 3.18. The largest absolute Gasteiger partial charge is 0.368 e. The first-order valence-corrected chi connectivity index (χ1v) is 6.48. The molecule has 0 aliphatic carbocycles. The number of hydrogen-bond acceptors (Lipinski definition) is 6. The van der Waals surface area contributed by atoms with Gasteiger partial charge in [-0.25, -0.2) is 9.97 Å². The number of nitrogens with zero attached hydrogens (tertiary/aromatic N) is 5. The maximum absolute atomic E-state index is 9.31. The molecule has 0 unspecified atom stereocenters. The van der Waals surface area contributed by atoms with Crippen molar-refractivity contribution in [2.75, 3.05) is 11.1 Å². The van der Waals surface area contributed by atoms with Crippen molar-refractivity contribution >= 4 is 23.1 Å². The van der Waals surface area contributed by atoms with Crippen molar-refractivity contribution < 1.29 is 0 Å². The molecular weight excluding hydrogens is 266 g/mol. The second-order valence-electron chi connectivity index (χ2n) is 4.48. The standard InChI is InChI=1S/C14H13N7/c1-2-9-3-5-10(6-4-9)19-12-11(7-15)13-17-8-18-14(16)21(13)20-12/h3-6,8H,2H2,1H3,(H,19,20)(H2,16,17,18). The van der Waals surface area contributed by atoms with E-state index in [9.17, 15) is 5.26 Å². The summed E-state index contributed by atoms with van der Waals surface area (Å²) in [5, 5.41) is 16.7. The van der Waals surface area contributed by atoms with Gasteiger partial charge in [0.25, 0.3) is 0 Å². The first-order chi connectivity index (χ1) is 10.2. The lowest BCUT2D eigenvalue weighted by atomic mass is 10.1. The van der Waals surface area contributed by atoms with Gasteiger partial charge in [0.15, 0.2) is 11.5 Å². The lowest BCUT2D eigenvalue weighted by Crippen LogP contribution is -2.02. The summed E-state index contributed by atoms with van der Waals surface area (Å²) in [6.45, 7) is 2.10. The Bertz CT molecular complexity index is 827. The molecule has 0 saturated heterocycles. The number of nitriles is 1. The Hall–Kier alpha value is -3.14. The van der Waals surface area contributed by atoms with Crippen molar-refractivity contribution in [3.63, 3.8) is 0 Å². The molecule has 2 aromatic heterocycles. The van der Waals surface area contributed by atoms with Crippen LogP contribution < -0.4 is 11.1 Å². The Morgan fingerprint density at radius 1 is 1.29 bits per heavy atom. The summed E-state index contributed by atoms with van der Waals surface area (Å²) in [6, 6.07) is 10.0. The number of benzene rings is 1. The van der Waals surface area contributed by atoms with Crippen LogP contribution in [0.4, 0.5) is 17.5 Å². The normalized spacial score (nSPS) is 10.5. The topological polar surface area (TPSA) is 105 Å². The number of rotatable bonds is 3. The molecular formula is C14H13N7. The quantitative estimate of drug-likeness (QED) is 0.758. The second kappa shape index (κ2) is 5.09. The van der Waals surface area contributed by atoms with Gasteiger partial charge in [0.05, 0.1) is 0 Å². The van der Waals surface area contributed by atoms with Crippen LogP contribution in [0.2, 0.25) is 0 Å². The summed E-state index contributed by atoms with van der Waals surface area (Å²) in [6.07, 6.45) is 2.29. The number of hydrogen-bond donors (Lipinski definition) is 2. The molecule has 0 spiro atoms. The fraction of sp³-hybridized carbons (Fsp3) is 0.143. The van der Waals surface area contributed by atoms with E-state index in [4.69, 9.17) is 5.73 Å². The van der Waals surface area contributed by atoms with E-state index in [-0.39, 0.29) is 5.95 Å². The predicted octanol–water partition coefficient (Wildman–Crippen LogP) is 1.88. The molecule has 1 aromatic carbocycles. The predicted molar refractivity (Wildman–Crippen MR) is 79.0 cm³/mol. The van der Waals surface area contributed by atoms with E-state index in [0.29, 0.717) is 17.0 Å². The molecule has 0 bridgehead atoms. The molecule has 104 valence electrons. The number of nitrogen functional groups attached to an aromatic ring is 1. The Morgan fingerprint density at radius 2 is 2.05 bits per heavy atom. The van der Waals surface area contributed by atoms with Gasteiger partial charge in [-0.3, -0.25) is 0 Å². The van der Waals surface area contributed by atoms with E-state index in [1.54, 1.807) is 0 Å². The van der Waals surface area contributed by atoms with E-state index in [0.717, 1.165) is 12.1 Å². The molecule has 0 aliphatic rings. The maximum atomic E-state index is 9.31. The monoisotopic (exact) mass is 279 g/mol. The van der Waals surface area contributed by atoms with Gasteiger partial charge in [-0.05, 0) is 24.1 Å². The fourth-order valence-corrected chi connectivity index (χ4v) is 2.04. The van der Waals surface area contributed by atoms with Gasteiger partial charge >= 0.3 is 0 Å². The highest BCUT2D eigenvalue weighted by Crippen LogP contribution is 2.23. The Labute approximate surface area is 121 Å². The first kappa shape index (κ1) is 12.9. The molecule has 0 saturated carbocycles. The second-order valence-corrected chi connectivity index (χ2v) is 4.48. The van der Waals surface area contributed by atoms with Crippen LogP contribution in [0.1, 0.15) is 18.1 Å². The van der Waals surface area contributed by atoms with Crippen LogP contribution in [0.15, 0.2) is 30.6 Å². The van der Waals surface area contributed by atoms with Crippen molar-refractivity contribution in [2.24, 2.45) is 0 Å². The molecule has 0 atom stereocenters. The lowest BCUT2D eigenvalue weighted by Gasteiger charge is -2.04. The number of fused-ring (bicyclic) bond motifs is 1. The van der Waals surface area contributed by atoms with Crippen molar-refractivity contribution in [2.45, 2.75) is 13.3 Å². The van der Waals surface area contributed by atoms with Crippen molar-refractivity contribution in [3.05, 3.63) is 41.7 Å². The summed E-state index contributed by atoms with van der Waals surface area (Å²) in [5.41, 5.74) is 8.55. The summed E-state index contributed by atoms with van der Waals surface area (Å²) in [4.78, 5) is 7.91. The van der Waals surface area contributed by atoms with Crippen molar-refractivity contribution in [1.29, 1.82) is 5.26 Å². The van der Waals surface area contributed by atoms with Gasteiger partial charge in [-0.1, -0.05) is 19.1 Å². The van der Waals surface area contributed by atoms with Gasteiger partial charge in [-0.15, -0.1) is 5.10 Å². The highest BCUT2D eigenvalue weighted by Gasteiger charge is 2.15. The van der Waals surface area contributed by atoms with Crippen LogP contribution >= 0.6 is 0 Å². The molecule has 0 fully saturated rings. The van der Waals surface area contributed by atoms with Gasteiger partial charge in [-0.2, -0.15) is 9.78 Å². The smallest absolute Gasteiger partial charge is 0.224 e. The van der Waals surface area contributed by atoms with Gasteiger partial charge in [0, 0.05) is 5.69 Å². The van der Waals surface area contributed by atoms with E-state index >= 15 is 0 Å². The number of aryl methyl sites for hydroxylation is 1. The van der Waals surface area contributed by atoms with Gasteiger partial charge < -0.3 is 11.1 Å².